The highest BCUT2D eigenvalue weighted by molar-refractivity contribution is 8.00. The second kappa shape index (κ2) is 6.31. The van der Waals surface area contributed by atoms with E-state index in [9.17, 15) is 9.59 Å². The van der Waals surface area contributed by atoms with Crippen molar-refractivity contribution in [3.8, 4) is 0 Å². The van der Waals surface area contributed by atoms with E-state index in [1.54, 1.807) is 23.6 Å². The Bertz CT molecular complexity index is 314. The summed E-state index contributed by atoms with van der Waals surface area (Å²) in [6, 6.07) is 0. The molecule has 104 valence electrons. The second-order valence-corrected chi connectivity index (χ2v) is 6.29. The van der Waals surface area contributed by atoms with Gasteiger partial charge in [-0.05, 0) is 27.7 Å². The van der Waals surface area contributed by atoms with Gasteiger partial charge in [0, 0.05) is 12.3 Å². The Morgan fingerprint density at radius 2 is 2.06 bits per heavy atom. The third-order valence-electron chi connectivity index (χ3n) is 2.26. The maximum atomic E-state index is 11.9. The van der Waals surface area contributed by atoms with Crippen LogP contribution in [-0.4, -0.2) is 46.8 Å². The van der Waals surface area contributed by atoms with Crippen LogP contribution in [0.5, 0.6) is 0 Å². The Hall–Kier alpha value is -0.910. The molecule has 0 aromatic rings. The van der Waals surface area contributed by atoms with Gasteiger partial charge >= 0.3 is 12.1 Å². The predicted molar refractivity (Wildman–Crippen MR) is 70.4 cm³/mol. The maximum Gasteiger partial charge on any atom is 0.411 e. The Morgan fingerprint density at radius 1 is 1.39 bits per heavy atom. The van der Waals surface area contributed by atoms with E-state index in [1.807, 2.05) is 20.8 Å². The molecule has 0 aromatic heterocycles. The molecule has 1 aliphatic heterocycles. The quantitative estimate of drug-likeness (QED) is 0.739. The van der Waals surface area contributed by atoms with Crippen LogP contribution in [0.3, 0.4) is 0 Å². The molecule has 0 radical (unpaired) electrons. The zero-order chi connectivity index (χ0) is 13.8. The van der Waals surface area contributed by atoms with Gasteiger partial charge in [0.2, 0.25) is 0 Å². The standard InChI is InChI=1S/C12H21NO4S/c1-5-16-10(14)8-9-13(6-7-18-9)11(15)17-12(2,3)4/h9H,5-8H2,1-4H3. The zero-order valence-electron chi connectivity index (χ0n) is 11.4. The number of hydrogen-bond acceptors (Lipinski definition) is 5. The Balaban J connectivity index is 2.54. The first-order valence-corrected chi connectivity index (χ1v) is 7.15. The molecule has 0 saturated carbocycles. The molecule has 0 aromatic carbocycles. The fourth-order valence-electron chi connectivity index (χ4n) is 1.58. The summed E-state index contributed by atoms with van der Waals surface area (Å²) in [5.74, 6) is 0.550. The molecule has 18 heavy (non-hydrogen) atoms. The number of esters is 1. The van der Waals surface area contributed by atoms with Crippen LogP contribution in [-0.2, 0) is 14.3 Å². The van der Waals surface area contributed by atoms with Crippen molar-refractivity contribution in [1.29, 1.82) is 0 Å². The molecule has 0 N–H and O–H groups in total. The summed E-state index contributed by atoms with van der Waals surface area (Å²) in [6.45, 7) is 8.23. The van der Waals surface area contributed by atoms with E-state index < -0.39 is 5.60 Å². The van der Waals surface area contributed by atoms with Crippen molar-refractivity contribution in [3.63, 3.8) is 0 Å². The van der Waals surface area contributed by atoms with Gasteiger partial charge in [-0.2, -0.15) is 0 Å². The molecule has 5 nitrogen and oxygen atoms in total. The maximum absolute atomic E-state index is 11.9. The first kappa shape index (κ1) is 15.1. The summed E-state index contributed by atoms with van der Waals surface area (Å²) in [5.41, 5.74) is -0.515. The molecular weight excluding hydrogens is 254 g/mol. The van der Waals surface area contributed by atoms with E-state index in [0.29, 0.717) is 13.2 Å². The molecule has 0 spiro atoms. The second-order valence-electron chi connectivity index (χ2n) is 5.01. The van der Waals surface area contributed by atoms with E-state index in [0.717, 1.165) is 5.75 Å². The van der Waals surface area contributed by atoms with Crippen molar-refractivity contribution in [2.75, 3.05) is 18.9 Å². The van der Waals surface area contributed by atoms with Crippen LogP contribution in [0.25, 0.3) is 0 Å². The monoisotopic (exact) mass is 275 g/mol. The van der Waals surface area contributed by atoms with Crippen LogP contribution in [0.2, 0.25) is 0 Å². The van der Waals surface area contributed by atoms with E-state index in [4.69, 9.17) is 9.47 Å². The average Bonchev–Trinajstić information content (AvgIpc) is 2.63. The molecule has 1 unspecified atom stereocenters. The summed E-state index contributed by atoms with van der Waals surface area (Å²) < 4.78 is 10.2. The van der Waals surface area contributed by atoms with Crippen LogP contribution in [0.15, 0.2) is 0 Å². The van der Waals surface area contributed by atoms with Crippen molar-refractivity contribution in [2.45, 2.75) is 45.1 Å². The molecule has 6 heteroatoms. The Labute approximate surface area is 112 Å². The van der Waals surface area contributed by atoms with Crippen molar-refractivity contribution >= 4 is 23.8 Å². The fraction of sp³-hybridized carbons (Fsp3) is 0.833. The highest BCUT2D eigenvalue weighted by Gasteiger charge is 2.34. The van der Waals surface area contributed by atoms with Gasteiger partial charge in [-0.1, -0.05) is 0 Å². The number of rotatable bonds is 3. The minimum absolute atomic E-state index is 0.168. The first-order chi connectivity index (χ1) is 8.33. The highest BCUT2D eigenvalue weighted by Crippen LogP contribution is 2.28. The van der Waals surface area contributed by atoms with Gasteiger partial charge in [-0.3, -0.25) is 9.69 Å². The third kappa shape index (κ3) is 4.76. The summed E-state index contributed by atoms with van der Waals surface area (Å²) in [6.07, 6.45) is -0.139. The number of amides is 1. The van der Waals surface area contributed by atoms with Crippen molar-refractivity contribution in [3.05, 3.63) is 0 Å². The number of thioether (sulfide) groups is 1. The normalized spacial score (nSPS) is 19.8. The number of ether oxygens (including phenoxy) is 2. The van der Waals surface area contributed by atoms with Gasteiger partial charge in [0.25, 0.3) is 0 Å². The molecule has 1 atom stereocenters. The minimum atomic E-state index is -0.515. The van der Waals surface area contributed by atoms with E-state index >= 15 is 0 Å². The Kier molecular flexibility index (Phi) is 5.31. The molecular formula is C12H21NO4S. The molecule has 0 aliphatic carbocycles. The lowest BCUT2D eigenvalue weighted by molar-refractivity contribution is -0.143. The zero-order valence-corrected chi connectivity index (χ0v) is 12.2. The Morgan fingerprint density at radius 3 is 2.61 bits per heavy atom. The average molecular weight is 275 g/mol. The van der Waals surface area contributed by atoms with Gasteiger partial charge in [-0.15, -0.1) is 11.8 Å². The molecule has 0 bridgehead atoms. The predicted octanol–water partition coefficient (Wildman–Crippen LogP) is 2.25. The molecule has 1 fully saturated rings. The van der Waals surface area contributed by atoms with Gasteiger partial charge in [-0.25, -0.2) is 4.79 Å². The molecule has 1 aliphatic rings. The lowest BCUT2D eigenvalue weighted by atomic mass is 10.2. The summed E-state index contributed by atoms with van der Waals surface area (Å²) in [4.78, 5) is 25.0. The fourth-order valence-corrected chi connectivity index (χ4v) is 2.78. The highest BCUT2D eigenvalue weighted by atomic mass is 32.2. The van der Waals surface area contributed by atoms with Crippen LogP contribution >= 0.6 is 11.8 Å². The number of carbonyl (C=O) groups excluding carboxylic acids is 2. The topological polar surface area (TPSA) is 55.8 Å². The van der Waals surface area contributed by atoms with E-state index in [2.05, 4.69) is 0 Å². The number of carbonyl (C=O) groups is 2. The van der Waals surface area contributed by atoms with Gasteiger partial charge in [0.05, 0.1) is 18.4 Å². The number of nitrogens with zero attached hydrogens (tertiary/aromatic N) is 1. The number of hydrogen-bond donors (Lipinski definition) is 0. The van der Waals surface area contributed by atoms with Crippen molar-refractivity contribution in [2.24, 2.45) is 0 Å². The first-order valence-electron chi connectivity index (χ1n) is 6.10. The van der Waals surface area contributed by atoms with Gasteiger partial charge in [0.15, 0.2) is 0 Å². The van der Waals surface area contributed by atoms with Gasteiger partial charge in [0.1, 0.15) is 5.60 Å². The van der Waals surface area contributed by atoms with Crippen LogP contribution in [0.4, 0.5) is 4.79 Å². The van der Waals surface area contributed by atoms with Crippen molar-refractivity contribution < 1.29 is 19.1 Å². The van der Waals surface area contributed by atoms with E-state index in [-0.39, 0.29) is 23.9 Å². The van der Waals surface area contributed by atoms with E-state index in [1.165, 1.54) is 0 Å². The molecule has 1 amide bonds. The third-order valence-corrected chi connectivity index (χ3v) is 3.49. The van der Waals surface area contributed by atoms with Crippen LogP contribution in [0, 0.1) is 0 Å². The molecule has 1 rings (SSSR count). The minimum Gasteiger partial charge on any atom is -0.466 e. The molecule has 1 heterocycles. The lowest BCUT2D eigenvalue weighted by Gasteiger charge is -2.27. The van der Waals surface area contributed by atoms with Gasteiger partial charge < -0.3 is 9.47 Å². The smallest absolute Gasteiger partial charge is 0.411 e. The lowest BCUT2D eigenvalue weighted by Crippen LogP contribution is -2.40. The molecule has 1 saturated heterocycles. The largest absolute Gasteiger partial charge is 0.466 e. The summed E-state index contributed by atoms with van der Waals surface area (Å²) >= 11 is 1.58. The van der Waals surface area contributed by atoms with Crippen LogP contribution in [0.1, 0.15) is 34.1 Å². The SMILES string of the molecule is CCOC(=O)CC1SCCN1C(=O)OC(C)(C)C. The summed E-state index contributed by atoms with van der Waals surface area (Å²) in [5, 5.41) is -0.168. The van der Waals surface area contributed by atoms with Crippen molar-refractivity contribution in [1.82, 2.24) is 4.90 Å². The van der Waals surface area contributed by atoms with Crippen LogP contribution < -0.4 is 0 Å². The summed E-state index contributed by atoms with van der Waals surface area (Å²) in [7, 11) is 0.